The standard InChI is InChI=1S/C14H15Cl2N3O2/c1-3-10-12(16)11(19(2)18-10)7-21-14(20)8-5-4-6-9(15)13(8)17/h4-6H,3,7,17H2,1-2H3. The van der Waals surface area contributed by atoms with E-state index >= 15 is 0 Å². The zero-order valence-corrected chi connectivity index (χ0v) is 13.2. The molecule has 1 heterocycles. The molecule has 0 spiro atoms. The molecular formula is C14H15Cl2N3O2. The van der Waals surface area contributed by atoms with Crippen LogP contribution >= 0.6 is 23.2 Å². The third-order valence-corrected chi connectivity index (χ3v) is 3.88. The molecule has 0 fully saturated rings. The lowest BCUT2D eigenvalue weighted by molar-refractivity contribution is 0.0465. The Morgan fingerprint density at radius 1 is 1.43 bits per heavy atom. The Kier molecular flexibility index (Phi) is 4.75. The van der Waals surface area contributed by atoms with Crippen molar-refractivity contribution in [1.82, 2.24) is 9.78 Å². The molecule has 0 saturated heterocycles. The molecule has 2 aromatic rings. The summed E-state index contributed by atoms with van der Waals surface area (Å²) in [4.78, 5) is 12.1. The first kappa shape index (κ1) is 15.7. The molecule has 0 aliphatic rings. The summed E-state index contributed by atoms with van der Waals surface area (Å²) in [6, 6.07) is 4.81. The number of esters is 1. The highest BCUT2D eigenvalue weighted by molar-refractivity contribution is 6.33. The summed E-state index contributed by atoms with van der Waals surface area (Å²) in [5.41, 5.74) is 7.61. The molecule has 0 unspecified atom stereocenters. The van der Waals surface area contributed by atoms with Crippen molar-refractivity contribution in [2.24, 2.45) is 7.05 Å². The second kappa shape index (κ2) is 6.37. The van der Waals surface area contributed by atoms with Crippen molar-refractivity contribution in [3.05, 3.63) is 45.2 Å². The van der Waals surface area contributed by atoms with Gasteiger partial charge in [0.1, 0.15) is 6.61 Å². The Morgan fingerprint density at radius 3 is 2.76 bits per heavy atom. The van der Waals surface area contributed by atoms with E-state index in [2.05, 4.69) is 5.10 Å². The fourth-order valence-corrected chi connectivity index (χ4v) is 2.43. The highest BCUT2D eigenvalue weighted by Gasteiger charge is 2.17. The smallest absolute Gasteiger partial charge is 0.340 e. The quantitative estimate of drug-likeness (QED) is 0.691. The molecule has 0 radical (unpaired) electrons. The van der Waals surface area contributed by atoms with Gasteiger partial charge in [0.2, 0.25) is 0 Å². The van der Waals surface area contributed by atoms with Gasteiger partial charge < -0.3 is 10.5 Å². The summed E-state index contributed by atoms with van der Waals surface area (Å²) in [5.74, 6) is -0.551. The second-order valence-corrected chi connectivity index (χ2v) is 5.25. The molecule has 21 heavy (non-hydrogen) atoms. The van der Waals surface area contributed by atoms with Gasteiger partial charge in [0.25, 0.3) is 0 Å². The Labute approximate surface area is 132 Å². The summed E-state index contributed by atoms with van der Waals surface area (Å²) in [7, 11) is 1.75. The maximum Gasteiger partial charge on any atom is 0.340 e. The van der Waals surface area contributed by atoms with Crippen LogP contribution in [-0.4, -0.2) is 15.7 Å². The fraction of sp³-hybridized carbons (Fsp3) is 0.286. The lowest BCUT2D eigenvalue weighted by atomic mass is 10.2. The maximum atomic E-state index is 12.1. The highest BCUT2D eigenvalue weighted by Crippen LogP contribution is 2.25. The Bertz CT molecular complexity index is 683. The van der Waals surface area contributed by atoms with Crippen molar-refractivity contribution >= 4 is 34.9 Å². The van der Waals surface area contributed by atoms with E-state index in [4.69, 9.17) is 33.7 Å². The van der Waals surface area contributed by atoms with Crippen molar-refractivity contribution in [3.8, 4) is 0 Å². The number of para-hydroxylation sites is 1. The Hall–Kier alpha value is -1.72. The summed E-state index contributed by atoms with van der Waals surface area (Å²) >= 11 is 12.1. The van der Waals surface area contributed by atoms with Crippen LogP contribution in [0, 0.1) is 0 Å². The number of nitrogens with zero attached hydrogens (tertiary/aromatic N) is 2. The van der Waals surface area contributed by atoms with E-state index in [1.807, 2.05) is 6.92 Å². The van der Waals surface area contributed by atoms with Gasteiger partial charge in [-0.1, -0.05) is 36.2 Å². The van der Waals surface area contributed by atoms with Crippen LogP contribution in [0.3, 0.4) is 0 Å². The minimum absolute atomic E-state index is 0.0210. The van der Waals surface area contributed by atoms with Crippen LogP contribution in [0.2, 0.25) is 10.0 Å². The van der Waals surface area contributed by atoms with Crippen molar-refractivity contribution in [1.29, 1.82) is 0 Å². The third-order valence-electron chi connectivity index (χ3n) is 3.12. The van der Waals surface area contributed by atoms with E-state index in [0.29, 0.717) is 22.2 Å². The second-order valence-electron chi connectivity index (χ2n) is 4.46. The molecule has 0 aliphatic heterocycles. The van der Waals surface area contributed by atoms with Crippen LogP contribution in [-0.2, 0) is 24.8 Å². The van der Waals surface area contributed by atoms with E-state index in [9.17, 15) is 4.79 Å². The Balaban J connectivity index is 2.15. The van der Waals surface area contributed by atoms with Crippen molar-refractivity contribution in [2.45, 2.75) is 20.0 Å². The highest BCUT2D eigenvalue weighted by atomic mass is 35.5. The van der Waals surface area contributed by atoms with Gasteiger partial charge in [0.15, 0.2) is 0 Å². The molecule has 0 bridgehead atoms. The first-order valence-electron chi connectivity index (χ1n) is 6.37. The SMILES string of the molecule is CCc1nn(C)c(COC(=O)c2cccc(Cl)c2N)c1Cl. The number of halogens is 2. The summed E-state index contributed by atoms with van der Waals surface area (Å²) in [6.07, 6.45) is 0.710. The van der Waals surface area contributed by atoms with E-state index < -0.39 is 5.97 Å². The van der Waals surface area contributed by atoms with Crippen LogP contribution in [0.1, 0.15) is 28.7 Å². The molecule has 0 saturated carbocycles. The number of aromatic nitrogens is 2. The number of carbonyl (C=O) groups excluding carboxylic acids is 1. The number of ether oxygens (including phenoxy) is 1. The summed E-state index contributed by atoms with van der Waals surface area (Å²) in [6.45, 7) is 1.98. The molecule has 112 valence electrons. The largest absolute Gasteiger partial charge is 0.455 e. The number of carbonyl (C=O) groups is 1. The summed E-state index contributed by atoms with van der Waals surface area (Å²) in [5, 5.41) is 5.09. The van der Waals surface area contributed by atoms with Gasteiger partial charge in [-0.15, -0.1) is 0 Å². The van der Waals surface area contributed by atoms with Crippen LogP contribution < -0.4 is 5.73 Å². The Morgan fingerprint density at radius 2 is 2.14 bits per heavy atom. The number of hydrogen-bond donors (Lipinski definition) is 1. The van der Waals surface area contributed by atoms with Crippen molar-refractivity contribution in [3.63, 3.8) is 0 Å². The molecule has 0 atom stereocenters. The monoisotopic (exact) mass is 327 g/mol. The third kappa shape index (κ3) is 3.14. The predicted molar refractivity (Wildman–Crippen MR) is 82.6 cm³/mol. The van der Waals surface area contributed by atoms with Gasteiger partial charge >= 0.3 is 5.97 Å². The molecule has 5 nitrogen and oxygen atoms in total. The van der Waals surface area contributed by atoms with Crippen LogP contribution in [0.4, 0.5) is 5.69 Å². The lowest BCUT2D eigenvalue weighted by Gasteiger charge is -2.08. The number of nitrogens with two attached hydrogens (primary N) is 1. The van der Waals surface area contributed by atoms with E-state index in [1.165, 1.54) is 0 Å². The molecule has 1 aromatic carbocycles. The molecular weight excluding hydrogens is 313 g/mol. The summed E-state index contributed by atoms with van der Waals surface area (Å²) < 4.78 is 6.85. The average Bonchev–Trinajstić information content (AvgIpc) is 2.74. The van der Waals surface area contributed by atoms with Crippen LogP contribution in [0.15, 0.2) is 18.2 Å². The van der Waals surface area contributed by atoms with E-state index in [1.54, 1.807) is 29.9 Å². The first-order chi connectivity index (χ1) is 9.95. The number of benzene rings is 1. The maximum absolute atomic E-state index is 12.1. The number of rotatable bonds is 4. The van der Waals surface area contributed by atoms with Crippen molar-refractivity contribution < 1.29 is 9.53 Å². The molecule has 2 N–H and O–H groups in total. The van der Waals surface area contributed by atoms with Gasteiger partial charge in [0.05, 0.1) is 32.7 Å². The minimum atomic E-state index is -0.551. The van der Waals surface area contributed by atoms with E-state index in [-0.39, 0.29) is 17.9 Å². The lowest BCUT2D eigenvalue weighted by Crippen LogP contribution is -2.10. The number of nitrogen functional groups attached to an aromatic ring is 1. The fourth-order valence-electron chi connectivity index (χ4n) is 1.90. The zero-order chi connectivity index (χ0) is 15.6. The van der Waals surface area contributed by atoms with Gasteiger partial charge in [-0.3, -0.25) is 4.68 Å². The minimum Gasteiger partial charge on any atom is -0.455 e. The first-order valence-corrected chi connectivity index (χ1v) is 7.12. The van der Waals surface area contributed by atoms with Crippen molar-refractivity contribution in [2.75, 3.05) is 5.73 Å². The zero-order valence-electron chi connectivity index (χ0n) is 11.7. The van der Waals surface area contributed by atoms with E-state index in [0.717, 1.165) is 5.69 Å². The molecule has 0 amide bonds. The molecule has 0 aliphatic carbocycles. The molecule has 1 aromatic heterocycles. The normalized spacial score (nSPS) is 10.7. The number of hydrogen-bond acceptors (Lipinski definition) is 4. The van der Waals surface area contributed by atoms with Crippen LogP contribution in [0.5, 0.6) is 0 Å². The predicted octanol–water partition coefficient (Wildman–Crippen LogP) is 3.23. The molecule has 2 rings (SSSR count). The van der Waals surface area contributed by atoms with Gasteiger partial charge in [-0.05, 0) is 18.6 Å². The number of anilines is 1. The number of aryl methyl sites for hydroxylation is 2. The molecule has 7 heteroatoms. The van der Waals surface area contributed by atoms with Gasteiger partial charge in [-0.25, -0.2) is 4.79 Å². The topological polar surface area (TPSA) is 70.1 Å². The van der Waals surface area contributed by atoms with Crippen LogP contribution in [0.25, 0.3) is 0 Å². The van der Waals surface area contributed by atoms with Gasteiger partial charge in [0, 0.05) is 7.05 Å². The van der Waals surface area contributed by atoms with Gasteiger partial charge in [-0.2, -0.15) is 5.10 Å². The average molecular weight is 328 g/mol.